The van der Waals surface area contributed by atoms with Crippen molar-refractivity contribution in [2.45, 2.75) is 6.42 Å². The zero-order valence-electron chi connectivity index (χ0n) is 15.0. The van der Waals surface area contributed by atoms with Crippen LogP contribution in [0.5, 0.6) is 0 Å². The number of rotatable bonds is 15. The van der Waals surface area contributed by atoms with Gasteiger partial charge in [-0.05, 0) is 26.3 Å². The molecule has 25 heavy (non-hydrogen) atoms. The van der Waals surface area contributed by atoms with Gasteiger partial charge >= 0.3 is 0 Å². The molecule has 0 rings (SSSR count). The number of hydrogen-bond donors (Lipinski definition) is 0. The molecule has 8 nitrogen and oxygen atoms in total. The highest BCUT2D eigenvalue weighted by atomic mass is 33.1. The van der Waals surface area contributed by atoms with Gasteiger partial charge in [0.2, 0.25) is 0 Å². The van der Waals surface area contributed by atoms with E-state index in [1.807, 2.05) is 18.2 Å². The molecule has 0 aromatic carbocycles. The summed E-state index contributed by atoms with van der Waals surface area (Å²) in [5, 5.41) is 0. The lowest BCUT2D eigenvalue weighted by atomic mass is 10.5. The second-order valence-corrected chi connectivity index (χ2v) is 14.9. The van der Waals surface area contributed by atoms with Gasteiger partial charge in [0.15, 0.2) is 0 Å². The molecule has 0 heterocycles. The van der Waals surface area contributed by atoms with Crippen molar-refractivity contribution in [3.63, 3.8) is 0 Å². The molecule has 0 N–H and O–H groups in total. The number of nitrogens with zero attached hydrogens (tertiary/aromatic N) is 1. The van der Waals surface area contributed by atoms with Gasteiger partial charge in [-0.2, -0.15) is 16.8 Å². The minimum Gasteiger partial charge on any atom is -0.322 e. The van der Waals surface area contributed by atoms with Crippen LogP contribution in [0.25, 0.3) is 0 Å². The zero-order valence-corrected chi connectivity index (χ0v) is 19.2. The normalized spacial score (nSPS) is 13.5. The van der Waals surface area contributed by atoms with E-state index in [1.54, 1.807) is 21.6 Å². The molecule has 0 amide bonds. The molecule has 13 heteroatoms. The van der Waals surface area contributed by atoms with Gasteiger partial charge in [0.25, 0.3) is 20.2 Å². The van der Waals surface area contributed by atoms with Crippen molar-refractivity contribution < 1.29 is 29.8 Å². The van der Waals surface area contributed by atoms with E-state index in [-0.39, 0.29) is 31.8 Å². The summed E-state index contributed by atoms with van der Waals surface area (Å²) >= 11 is 0. The van der Waals surface area contributed by atoms with Crippen LogP contribution >= 0.6 is 28.7 Å². The smallest absolute Gasteiger partial charge is 0.264 e. The predicted octanol–water partition coefficient (Wildman–Crippen LogP) is 1.59. The molecular weight excluding hydrogens is 429 g/mol. The molecule has 0 aromatic heterocycles. The monoisotopic (exact) mass is 457 g/mol. The molecule has 0 atom stereocenters. The van der Waals surface area contributed by atoms with Crippen LogP contribution in [-0.4, -0.2) is 91.7 Å². The van der Waals surface area contributed by atoms with Crippen LogP contribution in [0.15, 0.2) is 0 Å². The third kappa shape index (κ3) is 16.6. The highest BCUT2D eigenvalue weighted by Crippen LogP contribution is 2.45. The molecule has 0 saturated heterocycles. The van der Waals surface area contributed by atoms with Crippen LogP contribution in [0.2, 0.25) is 0 Å². The largest absolute Gasteiger partial charge is 0.322 e. The Morgan fingerprint density at radius 3 is 1.88 bits per heavy atom. The molecule has 0 radical (unpaired) electrons. The van der Waals surface area contributed by atoms with Crippen LogP contribution < -0.4 is 0 Å². The highest BCUT2D eigenvalue weighted by molar-refractivity contribution is 8.76. The first-order valence-electron chi connectivity index (χ1n) is 7.47. The summed E-state index contributed by atoms with van der Waals surface area (Å²) in [5.41, 5.74) is 0. The summed E-state index contributed by atoms with van der Waals surface area (Å²) in [6.07, 6.45) is 5.17. The maximum Gasteiger partial charge on any atom is 0.264 e. The van der Waals surface area contributed by atoms with Crippen LogP contribution in [-0.2, 0) is 33.2 Å². The minimum absolute atomic E-state index is 0.0527. The first-order chi connectivity index (χ1) is 11.4. The van der Waals surface area contributed by atoms with E-state index in [1.165, 1.54) is 0 Å². The fourth-order valence-corrected chi connectivity index (χ4v) is 6.61. The van der Waals surface area contributed by atoms with Crippen molar-refractivity contribution in [3.05, 3.63) is 0 Å². The summed E-state index contributed by atoms with van der Waals surface area (Å²) in [6, 6.07) is 0. The minimum atomic E-state index is -3.61. The quantitative estimate of drug-likeness (QED) is 0.156. The second-order valence-electron chi connectivity index (χ2n) is 5.62. The van der Waals surface area contributed by atoms with Crippen molar-refractivity contribution in [2.24, 2.45) is 0 Å². The van der Waals surface area contributed by atoms with Crippen LogP contribution in [0.4, 0.5) is 0 Å². The Bertz CT molecular complexity index is 581. The second kappa shape index (κ2) is 12.2. The summed E-state index contributed by atoms with van der Waals surface area (Å²) in [5.74, 6) is 0.976. The van der Waals surface area contributed by atoms with Crippen LogP contribution in [0.3, 0.4) is 0 Å². The van der Waals surface area contributed by atoms with Gasteiger partial charge in [-0.15, -0.1) is 0 Å². The standard InChI is InChI=1S/C12H28NO7PS4/c1-13(6-5-11-23-22-2)12-21(14,9-7-19-24(3,15)16)10-8-20-25(4,17)18/h5-12H2,1-4H3. The van der Waals surface area contributed by atoms with Crippen molar-refractivity contribution in [2.75, 3.05) is 69.9 Å². The Kier molecular flexibility index (Phi) is 12.6. The first kappa shape index (κ1) is 25.7. The average Bonchev–Trinajstić information content (AvgIpc) is 2.40. The third-order valence-corrected chi connectivity index (χ3v) is 9.06. The lowest BCUT2D eigenvalue weighted by Gasteiger charge is -2.24. The van der Waals surface area contributed by atoms with Gasteiger partial charge in [0, 0.05) is 18.1 Å². The summed E-state index contributed by atoms with van der Waals surface area (Å²) in [7, 11) is -4.80. The van der Waals surface area contributed by atoms with Gasteiger partial charge in [-0.25, -0.2) is 0 Å². The van der Waals surface area contributed by atoms with E-state index in [2.05, 4.69) is 8.37 Å². The molecule has 0 aliphatic carbocycles. The SMILES string of the molecule is CSSCCCN(C)CP(=O)(CCOS(C)(=O)=O)CCOS(C)(=O)=O. The van der Waals surface area contributed by atoms with E-state index < -0.39 is 27.4 Å². The molecule has 0 aromatic rings. The maximum atomic E-state index is 13.1. The van der Waals surface area contributed by atoms with E-state index in [9.17, 15) is 21.4 Å². The number of hydrogen-bond acceptors (Lipinski definition) is 10. The van der Waals surface area contributed by atoms with Gasteiger partial charge in [-0.3, -0.25) is 13.3 Å². The summed E-state index contributed by atoms with van der Waals surface area (Å²) < 4.78 is 66.7. The van der Waals surface area contributed by atoms with Crippen LogP contribution in [0, 0.1) is 0 Å². The predicted molar refractivity (Wildman–Crippen MR) is 107 cm³/mol. The van der Waals surface area contributed by atoms with Crippen molar-refractivity contribution in [1.29, 1.82) is 0 Å². The van der Waals surface area contributed by atoms with E-state index in [4.69, 9.17) is 0 Å². The molecule has 0 fully saturated rings. The Morgan fingerprint density at radius 1 is 1.00 bits per heavy atom. The maximum absolute atomic E-state index is 13.1. The fourth-order valence-electron chi connectivity index (χ4n) is 1.95. The molecule has 152 valence electrons. The topological polar surface area (TPSA) is 107 Å². The van der Waals surface area contributed by atoms with Gasteiger partial charge in [0.1, 0.15) is 7.14 Å². The van der Waals surface area contributed by atoms with Crippen molar-refractivity contribution in [3.8, 4) is 0 Å². The van der Waals surface area contributed by atoms with E-state index in [0.717, 1.165) is 31.2 Å². The average molecular weight is 458 g/mol. The molecule has 0 saturated carbocycles. The third-order valence-electron chi connectivity index (χ3n) is 2.98. The lowest BCUT2D eigenvalue weighted by Crippen LogP contribution is -2.25. The van der Waals surface area contributed by atoms with Gasteiger partial charge in [0.05, 0.1) is 32.0 Å². The van der Waals surface area contributed by atoms with Crippen molar-refractivity contribution in [1.82, 2.24) is 4.90 Å². The Hall–Kier alpha value is 0.710. The molecule has 0 spiro atoms. The Morgan fingerprint density at radius 2 is 1.48 bits per heavy atom. The summed E-state index contributed by atoms with van der Waals surface area (Å²) in [4.78, 5) is 1.92. The molecule has 0 aliphatic heterocycles. The van der Waals surface area contributed by atoms with Crippen molar-refractivity contribution >= 4 is 49.0 Å². The molecular formula is C12H28NO7PS4. The van der Waals surface area contributed by atoms with Gasteiger partial charge in [-0.1, -0.05) is 21.6 Å². The molecule has 0 unspecified atom stereocenters. The fraction of sp³-hybridized carbons (Fsp3) is 1.00. The zero-order chi connectivity index (χ0) is 19.6. The van der Waals surface area contributed by atoms with Crippen LogP contribution in [0.1, 0.15) is 6.42 Å². The van der Waals surface area contributed by atoms with E-state index in [0.29, 0.717) is 0 Å². The molecule has 0 aliphatic rings. The Balaban J connectivity index is 4.66. The van der Waals surface area contributed by atoms with Gasteiger partial charge < -0.3 is 4.57 Å². The molecule has 0 bridgehead atoms. The summed E-state index contributed by atoms with van der Waals surface area (Å²) in [6.45, 7) is 0.369. The first-order valence-corrected chi connectivity index (χ1v) is 16.1. The highest BCUT2D eigenvalue weighted by Gasteiger charge is 2.25. The lowest BCUT2D eigenvalue weighted by molar-refractivity contribution is 0.331. The Labute approximate surface area is 159 Å². The van der Waals surface area contributed by atoms with E-state index >= 15 is 0 Å².